The summed E-state index contributed by atoms with van der Waals surface area (Å²) in [6, 6.07) is 7.48. The molecule has 1 heterocycles. The van der Waals surface area contributed by atoms with Crippen LogP contribution in [0.4, 0.5) is 5.82 Å². The molecule has 0 radical (unpaired) electrons. The molecule has 0 amide bonds. The van der Waals surface area contributed by atoms with Crippen molar-refractivity contribution in [2.45, 2.75) is 0 Å². The number of nitrogens with zero attached hydrogens (tertiary/aromatic N) is 1. The monoisotopic (exact) mass is 222 g/mol. The van der Waals surface area contributed by atoms with E-state index < -0.39 is 0 Å². The maximum atomic E-state index is 6.13. The molecule has 2 rings (SSSR count). The van der Waals surface area contributed by atoms with Crippen LogP contribution >= 0.6 is 11.6 Å². The van der Waals surface area contributed by atoms with Gasteiger partial charge in [-0.3, -0.25) is 0 Å². The summed E-state index contributed by atoms with van der Waals surface area (Å²) >= 11 is 6.13. The normalized spacial score (nSPS) is 10.3. The van der Waals surface area contributed by atoms with E-state index in [4.69, 9.17) is 16.3 Å². The largest absolute Gasteiger partial charge is 0.494 e. The third-order valence-corrected chi connectivity index (χ3v) is 2.54. The number of hydrogen-bond donors (Lipinski definition) is 1. The van der Waals surface area contributed by atoms with E-state index in [9.17, 15) is 0 Å². The van der Waals surface area contributed by atoms with Crippen LogP contribution in [0, 0.1) is 0 Å². The van der Waals surface area contributed by atoms with Gasteiger partial charge in [-0.15, -0.1) is 0 Å². The molecule has 2 aromatic rings. The molecule has 3 nitrogen and oxygen atoms in total. The zero-order chi connectivity index (χ0) is 10.8. The van der Waals surface area contributed by atoms with E-state index in [1.807, 2.05) is 18.2 Å². The number of anilines is 1. The van der Waals surface area contributed by atoms with Gasteiger partial charge in [-0.1, -0.05) is 23.7 Å². The van der Waals surface area contributed by atoms with Crippen LogP contribution in [0.5, 0.6) is 5.75 Å². The topological polar surface area (TPSA) is 34.1 Å². The number of halogens is 1. The van der Waals surface area contributed by atoms with Crippen LogP contribution in [-0.4, -0.2) is 19.1 Å². The molecule has 1 aromatic carbocycles. The number of methoxy groups -OCH3 is 1. The van der Waals surface area contributed by atoms with Crippen LogP contribution in [0.3, 0.4) is 0 Å². The van der Waals surface area contributed by atoms with E-state index in [1.165, 1.54) is 0 Å². The van der Waals surface area contributed by atoms with Gasteiger partial charge in [0.05, 0.1) is 12.1 Å². The van der Waals surface area contributed by atoms with Gasteiger partial charge in [-0.25, -0.2) is 4.98 Å². The Balaban J connectivity index is 2.79. The third-order valence-electron chi connectivity index (χ3n) is 2.23. The Bertz CT molecular complexity index is 499. The standard InChI is InChI=1S/C11H11ClN2O/c1-13-10-6-8(12)7-4-3-5-9(15-2)11(7)14-10/h3-6H,1-2H3,(H,13,14). The van der Waals surface area contributed by atoms with Gasteiger partial charge in [0.25, 0.3) is 0 Å². The lowest BCUT2D eigenvalue weighted by Crippen LogP contribution is -1.94. The summed E-state index contributed by atoms with van der Waals surface area (Å²) in [5.74, 6) is 1.46. The van der Waals surface area contributed by atoms with Crippen molar-refractivity contribution < 1.29 is 4.74 Å². The molecule has 15 heavy (non-hydrogen) atoms. The van der Waals surface area contributed by atoms with E-state index in [0.717, 1.165) is 22.5 Å². The summed E-state index contributed by atoms with van der Waals surface area (Å²) in [6.07, 6.45) is 0. The van der Waals surface area contributed by atoms with E-state index in [-0.39, 0.29) is 0 Å². The van der Waals surface area contributed by atoms with Gasteiger partial charge in [0.2, 0.25) is 0 Å². The molecule has 78 valence electrons. The van der Waals surface area contributed by atoms with Crippen LogP contribution in [-0.2, 0) is 0 Å². The molecule has 1 aromatic heterocycles. The molecular weight excluding hydrogens is 212 g/mol. The molecule has 0 unspecified atom stereocenters. The number of rotatable bonds is 2. The van der Waals surface area contributed by atoms with Gasteiger partial charge in [0.15, 0.2) is 0 Å². The summed E-state index contributed by atoms with van der Waals surface area (Å²) in [5.41, 5.74) is 0.775. The van der Waals surface area contributed by atoms with Gasteiger partial charge in [0.1, 0.15) is 17.1 Å². The first-order valence-electron chi connectivity index (χ1n) is 4.57. The summed E-state index contributed by atoms with van der Waals surface area (Å²) in [4.78, 5) is 4.40. The van der Waals surface area contributed by atoms with Crippen molar-refractivity contribution in [1.82, 2.24) is 4.98 Å². The predicted molar refractivity (Wildman–Crippen MR) is 62.9 cm³/mol. The quantitative estimate of drug-likeness (QED) is 0.849. The maximum absolute atomic E-state index is 6.13. The number of hydrogen-bond acceptors (Lipinski definition) is 3. The molecule has 0 saturated heterocycles. The van der Waals surface area contributed by atoms with E-state index >= 15 is 0 Å². The Kier molecular flexibility index (Phi) is 2.64. The molecule has 0 fully saturated rings. The Morgan fingerprint density at radius 1 is 1.40 bits per heavy atom. The van der Waals surface area contributed by atoms with Crippen molar-refractivity contribution in [3.05, 3.63) is 29.3 Å². The first-order chi connectivity index (χ1) is 7.26. The van der Waals surface area contributed by atoms with Crippen LogP contribution in [0.1, 0.15) is 0 Å². The molecule has 0 saturated carbocycles. The highest BCUT2D eigenvalue weighted by Gasteiger charge is 2.07. The Labute approximate surface area is 93.0 Å². The average Bonchev–Trinajstić information content (AvgIpc) is 2.28. The number of pyridine rings is 1. The summed E-state index contributed by atoms with van der Waals surface area (Å²) in [7, 11) is 3.43. The molecule has 0 bridgehead atoms. The van der Waals surface area contributed by atoms with Gasteiger partial charge in [-0.2, -0.15) is 0 Å². The Morgan fingerprint density at radius 2 is 2.20 bits per heavy atom. The molecule has 0 aliphatic heterocycles. The van der Waals surface area contributed by atoms with Crippen molar-refractivity contribution in [3.63, 3.8) is 0 Å². The minimum atomic E-state index is 0.670. The lowest BCUT2D eigenvalue weighted by molar-refractivity contribution is 0.419. The molecule has 1 N–H and O–H groups in total. The van der Waals surface area contributed by atoms with Gasteiger partial charge >= 0.3 is 0 Å². The number of fused-ring (bicyclic) bond motifs is 1. The fraction of sp³-hybridized carbons (Fsp3) is 0.182. The van der Waals surface area contributed by atoms with Crippen molar-refractivity contribution in [1.29, 1.82) is 0 Å². The zero-order valence-electron chi connectivity index (χ0n) is 8.54. The van der Waals surface area contributed by atoms with E-state index in [1.54, 1.807) is 20.2 Å². The number of para-hydroxylation sites is 1. The number of ether oxygens (including phenoxy) is 1. The van der Waals surface area contributed by atoms with Crippen LogP contribution in [0.15, 0.2) is 24.3 Å². The first-order valence-corrected chi connectivity index (χ1v) is 4.95. The Morgan fingerprint density at radius 3 is 2.87 bits per heavy atom. The Hall–Kier alpha value is -1.48. The van der Waals surface area contributed by atoms with Gasteiger partial charge in [0, 0.05) is 12.4 Å². The SMILES string of the molecule is CNc1cc(Cl)c2cccc(OC)c2n1. The predicted octanol–water partition coefficient (Wildman–Crippen LogP) is 2.94. The third kappa shape index (κ3) is 1.70. The molecular formula is C11H11ClN2O. The van der Waals surface area contributed by atoms with Crippen molar-refractivity contribution in [2.24, 2.45) is 0 Å². The highest BCUT2D eigenvalue weighted by molar-refractivity contribution is 6.35. The lowest BCUT2D eigenvalue weighted by atomic mass is 10.2. The van der Waals surface area contributed by atoms with E-state index in [0.29, 0.717) is 5.02 Å². The van der Waals surface area contributed by atoms with Crippen molar-refractivity contribution in [2.75, 3.05) is 19.5 Å². The first kappa shape index (κ1) is 10.1. The zero-order valence-corrected chi connectivity index (χ0v) is 9.30. The minimum Gasteiger partial charge on any atom is -0.494 e. The fourth-order valence-electron chi connectivity index (χ4n) is 1.47. The van der Waals surface area contributed by atoms with Crippen molar-refractivity contribution in [3.8, 4) is 5.75 Å². The second kappa shape index (κ2) is 3.95. The second-order valence-electron chi connectivity index (χ2n) is 3.10. The summed E-state index contributed by atoms with van der Waals surface area (Å²) in [6.45, 7) is 0. The molecule has 0 aliphatic carbocycles. The lowest BCUT2D eigenvalue weighted by Gasteiger charge is -2.07. The molecule has 0 aliphatic rings. The highest BCUT2D eigenvalue weighted by Crippen LogP contribution is 2.30. The highest BCUT2D eigenvalue weighted by atomic mass is 35.5. The van der Waals surface area contributed by atoms with Crippen LogP contribution < -0.4 is 10.1 Å². The summed E-state index contributed by atoms with van der Waals surface area (Å²) < 4.78 is 5.23. The number of nitrogens with one attached hydrogen (secondary N) is 1. The fourth-order valence-corrected chi connectivity index (χ4v) is 1.73. The van der Waals surface area contributed by atoms with Crippen molar-refractivity contribution >= 4 is 28.3 Å². The average molecular weight is 223 g/mol. The molecule has 4 heteroatoms. The van der Waals surface area contributed by atoms with Gasteiger partial charge < -0.3 is 10.1 Å². The molecule has 0 atom stereocenters. The molecule has 0 spiro atoms. The van der Waals surface area contributed by atoms with E-state index in [2.05, 4.69) is 10.3 Å². The minimum absolute atomic E-state index is 0.670. The van der Waals surface area contributed by atoms with Crippen LogP contribution in [0.25, 0.3) is 10.9 Å². The van der Waals surface area contributed by atoms with Crippen LogP contribution in [0.2, 0.25) is 5.02 Å². The number of benzene rings is 1. The smallest absolute Gasteiger partial charge is 0.145 e. The maximum Gasteiger partial charge on any atom is 0.145 e. The summed E-state index contributed by atoms with van der Waals surface area (Å²) in [5, 5.41) is 4.53. The number of aromatic nitrogens is 1. The second-order valence-corrected chi connectivity index (χ2v) is 3.50. The van der Waals surface area contributed by atoms with Gasteiger partial charge in [-0.05, 0) is 12.1 Å².